The van der Waals surface area contributed by atoms with E-state index in [4.69, 9.17) is 4.74 Å². The van der Waals surface area contributed by atoms with Crippen LogP contribution in [0.1, 0.15) is 60.3 Å². The van der Waals surface area contributed by atoms with E-state index in [1.807, 2.05) is 4.57 Å². The third-order valence-electron chi connectivity index (χ3n) is 4.57. The van der Waals surface area contributed by atoms with Crippen molar-refractivity contribution in [2.45, 2.75) is 64.1 Å². The van der Waals surface area contributed by atoms with Crippen LogP contribution in [0.15, 0.2) is 11.5 Å². The molecule has 1 aliphatic rings. The first-order chi connectivity index (χ1) is 13.6. The van der Waals surface area contributed by atoms with Crippen molar-refractivity contribution in [1.29, 1.82) is 0 Å². The van der Waals surface area contributed by atoms with E-state index in [1.165, 1.54) is 28.0 Å². The zero-order chi connectivity index (χ0) is 19.9. The summed E-state index contributed by atoms with van der Waals surface area (Å²) in [5.41, 5.74) is 1.59. The summed E-state index contributed by atoms with van der Waals surface area (Å²) in [6.45, 7) is 5.13. The molecule has 0 unspecified atom stereocenters. The number of ether oxygens (including phenoxy) is 1. The molecule has 0 fully saturated rings. The average Bonchev–Trinajstić information content (AvgIpc) is 3.36. The van der Waals surface area contributed by atoms with Gasteiger partial charge in [0.15, 0.2) is 5.16 Å². The molecule has 1 N–H and O–H groups in total. The number of hydrogen-bond donors (Lipinski definition) is 1. The Bertz CT molecular complexity index is 831. The number of nitrogens with zero attached hydrogens (tertiary/aromatic N) is 3. The first-order valence-corrected chi connectivity index (χ1v) is 11.6. The standard InChI is InChI=1S/C19H26N4O3S2/c1-3-5-6-10-23-12-20-22-19(23)27-11-15(24)21-17-16(18(25)26-4-2)13-8-7-9-14(13)28-17/h12H,3-11H2,1-2H3,(H,21,24). The molecule has 0 bridgehead atoms. The van der Waals surface area contributed by atoms with Crippen molar-refractivity contribution in [1.82, 2.24) is 14.8 Å². The summed E-state index contributed by atoms with van der Waals surface area (Å²) in [7, 11) is 0. The van der Waals surface area contributed by atoms with Crippen molar-refractivity contribution in [2.24, 2.45) is 0 Å². The highest BCUT2D eigenvalue weighted by Gasteiger charge is 2.28. The average molecular weight is 423 g/mol. The molecule has 2 aromatic rings. The molecule has 2 heterocycles. The number of aryl methyl sites for hydroxylation is 2. The van der Waals surface area contributed by atoms with Crippen LogP contribution in [0.2, 0.25) is 0 Å². The molecular weight excluding hydrogens is 396 g/mol. The van der Waals surface area contributed by atoms with Crippen molar-refractivity contribution in [3.05, 3.63) is 22.3 Å². The molecule has 0 saturated carbocycles. The number of thioether (sulfide) groups is 1. The van der Waals surface area contributed by atoms with Gasteiger partial charge in [0, 0.05) is 11.4 Å². The zero-order valence-electron chi connectivity index (χ0n) is 16.3. The van der Waals surface area contributed by atoms with E-state index in [1.54, 1.807) is 13.3 Å². The van der Waals surface area contributed by atoms with E-state index in [0.29, 0.717) is 17.2 Å². The Hall–Kier alpha value is -1.87. The Morgan fingerprint density at radius 3 is 2.96 bits per heavy atom. The van der Waals surface area contributed by atoms with Crippen LogP contribution in [0.25, 0.3) is 0 Å². The summed E-state index contributed by atoms with van der Waals surface area (Å²) >= 11 is 2.86. The molecule has 0 aromatic carbocycles. The predicted octanol–water partition coefficient (Wildman–Crippen LogP) is 3.93. The lowest BCUT2D eigenvalue weighted by Crippen LogP contribution is -2.17. The number of aromatic nitrogens is 3. The van der Waals surface area contributed by atoms with Crippen molar-refractivity contribution < 1.29 is 14.3 Å². The third kappa shape index (κ3) is 4.94. The zero-order valence-corrected chi connectivity index (χ0v) is 18.0. The highest BCUT2D eigenvalue weighted by atomic mass is 32.2. The smallest absolute Gasteiger partial charge is 0.341 e. The molecule has 1 amide bonds. The van der Waals surface area contributed by atoms with Crippen molar-refractivity contribution in [2.75, 3.05) is 17.7 Å². The highest BCUT2D eigenvalue weighted by molar-refractivity contribution is 7.99. The second-order valence-corrected chi connectivity index (χ2v) is 8.68. The van der Waals surface area contributed by atoms with E-state index in [9.17, 15) is 9.59 Å². The van der Waals surface area contributed by atoms with Crippen molar-refractivity contribution >= 4 is 40.0 Å². The van der Waals surface area contributed by atoms with Crippen LogP contribution in [0.4, 0.5) is 5.00 Å². The lowest BCUT2D eigenvalue weighted by Gasteiger charge is -2.08. The topological polar surface area (TPSA) is 86.1 Å². The molecule has 0 radical (unpaired) electrons. The maximum absolute atomic E-state index is 12.5. The van der Waals surface area contributed by atoms with Crippen LogP contribution in [0, 0.1) is 0 Å². The van der Waals surface area contributed by atoms with Gasteiger partial charge >= 0.3 is 5.97 Å². The number of unbranched alkanes of at least 4 members (excludes halogenated alkanes) is 2. The maximum Gasteiger partial charge on any atom is 0.341 e. The summed E-state index contributed by atoms with van der Waals surface area (Å²) < 4.78 is 7.19. The predicted molar refractivity (Wildman–Crippen MR) is 111 cm³/mol. The number of thiophene rings is 1. The minimum atomic E-state index is -0.347. The van der Waals surface area contributed by atoms with Crippen LogP contribution < -0.4 is 5.32 Å². The summed E-state index contributed by atoms with van der Waals surface area (Å²) in [5.74, 6) is -0.281. The first kappa shape index (κ1) is 20.9. The number of carbonyl (C=O) groups excluding carboxylic acids is 2. The number of hydrogen-bond acceptors (Lipinski definition) is 7. The fraction of sp³-hybridized carbons (Fsp3) is 0.579. The fourth-order valence-electron chi connectivity index (χ4n) is 3.25. The maximum atomic E-state index is 12.5. The molecule has 0 spiro atoms. The number of rotatable bonds is 10. The number of esters is 1. The van der Waals surface area contributed by atoms with Gasteiger partial charge in [-0.15, -0.1) is 21.5 Å². The molecular formula is C19H26N4O3S2. The lowest BCUT2D eigenvalue weighted by molar-refractivity contribution is -0.113. The molecule has 9 heteroatoms. The lowest BCUT2D eigenvalue weighted by atomic mass is 10.1. The third-order valence-corrected chi connectivity index (χ3v) is 6.76. The quantitative estimate of drug-likeness (QED) is 0.355. The number of anilines is 1. The van der Waals surface area contributed by atoms with Crippen LogP contribution >= 0.6 is 23.1 Å². The van der Waals surface area contributed by atoms with Gasteiger partial charge in [0.2, 0.25) is 5.91 Å². The van der Waals surface area contributed by atoms with Crippen LogP contribution in [0.3, 0.4) is 0 Å². The van der Waals surface area contributed by atoms with Gasteiger partial charge in [0.25, 0.3) is 0 Å². The van der Waals surface area contributed by atoms with Gasteiger partial charge in [-0.3, -0.25) is 4.79 Å². The second kappa shape index (κ2) is 10.1. The van der Waals surface area contributed by atoms with Gasteiger partial charge in [0.1, 0.15) is 11.3 Å². The number of carbonyl (C=O) groups is 2. The number of nitrogens with one attached hydrogen (secondary N) is 1. The van der Waals surface area contributed by atoms with Gasteiger partial charge in [0.05, 0.1) is 17.9 Å². The molecule has 28 heavy (non-hydrogen) atoms. The minimum absolute atomic E-state index is 0.154. The van der Waals surface area contributed by atoms with Crippen LogP contribution in [-0.2, 0) is 28.9 Å². The Kier molecular flexibility index (Phi) is 7.50. The summed E-state index contributed by atoms with van der Waals surface area (Å²) in [6.07, 6.45) is 7.95. The molecule has 1 aliphatic carbocycles. The highest BCUT2D eigenvalue weighted by Crippen LogP contribution is 2.39. The van der Waals surface area contributed by atoms with Gasteiger partial charge in [-0.05, 0) is 38.2 Å². The molecule has 7 nitrogen and oxygen atoms in total. The van der Waals surface area contributed by atoms with Crippen molar-refractivity contribution in [3.63, 3.8) is 0 Å². The van der Waals surface area contributed by atoms with E-state index < -0.39 is 0 Å². The monoisotopic (exact) mass is 422 g/mol. The molecule has 152 valence electrons. The van der Waals surface area contributed by atoms with E-state index in [2.05, 4.69) is 22.4 Å². The van der Waals surface area contributed by atoms with Gasteiger partial charge in [-0.25, -0.2) is 4.79 Å². The molecule has 0 atom stereocenters. The number of amides is 1. The normalized spacial score (nSPS) is 12.8. The molecule has 0 aliphatic heterocycles. The minimum Gasteiger partial charge on any atom is -0.462 e. The Labute approximate surface area is 173 Å². The largest absolute Gasteiger partial charge is 0.462 e. The molecule has 2 aromatic heterocycles. The van der Waals surface area contributed by atoms with E-state index in [0.717, 1.165) is 55.8 Å². The molecule has 3 rings (SSSR count). The Morgan fingerprint density at radius 2 is 2.18 bits per heavy atom. The number of fused-ring (bicyclic) bond motifs is 1. The Morgan fingerprint density at radius 1 is 1.32 bits per heavy atom. The van der Waals surface area contributed by atoms with E-state index >= 15 is 0 Å². The molecule has 0 saturated heterocycles. The van der Waals surface area contributed by atoms with E-state index in [-0.39, 0.29) is 17.6 Å². The van der Waals surface area contributed by atoms with Crippen molar-refractivity contribution in [3.8, 4) is 0 Å². The van der Waals surface area contributed by atoms with Gasteiger partial charge in [-0.2, -0.15) is 0 Å². The SMILES string of the molecule is CCCCCn1cnnc1SCC(=O)Nc1sc2c(c1C(=O)OCC)CCC2. The second-order valence-electron chi connectivity index (χ2n) is 6.63. The summed E-state index contributed by atoms with van der Waals surface area (Å²) in [5, 5.41) is 12.3. The van der Waals surface area contributed by atoms with Crippen LogP contribution in [-0.4, -0.2) is 39.0 Å². The summed E-state index contributed by atoms with van der Waals surface area (Å²) in [4.78, 5) is 26.1. The van der Waals surface area contributed by atoms with Gasteiger partial charge < -0.3 is 14.6 Å². The van der Waals surface area contributed by atoms with Crippen LogP contribution in [0.5, 0.6) is 0 Å². The van der Waals surface area contributed by atoms with Gasteiger partial charge in [-0.1, -0.05) is 31.5 Å². The fourth-order valence-corrected chi connectivity index (χ4v) is 5.28. The Balaban J connectivity index is 1.62. The first-order valence-electron chi connectivity index (χ1n) is 9.76. The summed E-state index contributed by atoms with van der Waals surface area (Å²) in [6, 6.07) is 0.